The molecule has 20 heavy (non-hydrogen) atoms. The number of likely N-dealkylation sites (N-methyl/N-ethyl adjacent to an activating group) is 1. The normalized spacial score (nSPS) is 34.7. The number of fused-ring (bicyclic) bond motifs is 1. The molecule has 4 aliphatic rings. The van der Waals surface area contributed by atoms with Crippen LogP contribution in [-0.2, 0) is 0 Å². The third kappa shape index (κ3) is 4.25. The molecule has 0 atom stereocenters. The Hall–Kier alpha value is -0.500. The van der Waals surface area contributed by atoms with E-state index in [2.05, 4.69) is 29.8 Å². The van der Waals surface area contributed by atoms with Crippen molar-refractivity contribution in [3.05, 3.63) is 11.8 Å². The van der Waals surface area contributed by atoms with Crippen LogP contribution in [0.25, 0.3) is 0 Å². The second kappa shape index (κ2) is 6.98. The molecule has 2 nitrogen and oxygen atoms in total. The van der Waals surface area contributed by atoms with E-state index in [1.54, 1.807) is 18.5 Å². The maximum absolute atomic E-state index is 2.59. The highest BCUT2D eigenvalue weighted by Gasteiger charge is 2.65. The zero-order valence-corrected chi connectivity index (χ0v) is 14.1. The lowest BCUT2D eigenvalue weighted by Crippen LogP contribution is -2.34. The molecule has 2 heteroatoms. The fourth-order valence-corrected chi connectivity index (χ4v) is 3.18. The number of hydrogen-bond acceptors (Lipinski definition) is 2. The quantitative estimate of drug-likeness (QED) is 0.711. The second-order valence-electron chi connectivity index (χ2n) is 7.01. The topological polar surface area (TPSA) is 6.48 Å². The lowest BCUT2D eigenvalue weighted by Gasteiger charge is -2.34. The Bertz CT molecular complexity index is 322. The highest BCUT2D eigenvalue weighted by atomic mass is 15.2. The Morgan fingerprint density at radius 3 is 2.00 bits per heavy atom. The highest BCUT2D eigenvalue weighted by Crippen LogP contribution is 2.74. The summed E-state index contributed by atoms with van der Waals surface area (Å²) in [4.78, 5) is 4.98. The van der Waals surface area contributed by atoms with Gasteiger partial charge in [-0.05, 0) is 56.9 Å². The molecule has 3 fully saturated rings. The third-order valence-corrected chi connectivity index (χ3v) is 5.24. The summed E-state index contributed by atoms with van der Waals surface area (Å²) in [6.45, 7) is 11.4. The Balaban J connectivity index is 0.000000172. The van der Waals surface area contributed by atoms with Crippen molar-refractivity contribution in [3.63, 3.8) is 0 Å². The lowest BCUT2D eigenvalue weighted by molar-refractivity contribution is 0.249. The van der Waals surface area contributed by atoms with Gasteiger partial charge < -0.3 is 9.80 Å². The van der Waals surface area contributed by atoms with Gasteiger partial charge in [-0.3, -0.25) is 0 Å². The summed E-state index contributed by atoms with van der Waals surface area (Å²) in [5.41, 5.74) is 2.53. The van der Waals surface area contributed by atoms with Gasteiger partial charge in [0.15, 0.2) is 0 Å². The van der Waals surface area contributed by atoms with Crippen molar-refractivity contribution in [3.8, 4) is 0 Å². The Kier molecular flexibility index (Phi) is 5.54. The van der Waals surface area contributed by atoms with Crippen molar-refractivity contribution < 1.29 is 0 Å². The van der Waals surface area contributed by atoms with Crippen LogP contribution in [0.15, 0.2) is 11.8 Å². The molecule has 0 amide bonds. The highest BCUT2D eigenvalue weighted by molar-refractivity contribution is 5.15. The van der Waals surface area contributed by atoms with Crippen LogP contribution >= 0.6 is 0 Å². The van der Waals surface area contributed by atoms with Crippen molar-refractivity contribution >= 4 is 0 Å². The second-order valence-corrected chi connectivity index (χ2v) is 7.01. The molecule has 0 radical (unpaired) electrons. The van der Waals surface area contributed by atoms with Gasteiger partial charge in [0.2, 0.25) is 0 Å². The molecular weight excluding hydrogens is 244 g/mol. The predicted octanol–water partition coefficient (Wildman–Crippen LogP) is 4.13. The number of piperidine rings is 1. The minimum absolute atomic E-state index is 0.917. The molecule has 116 valence electrons. The summed E-state index contributed by atoms with van der Waals surface area (Å²) < 4.78 is 0. The van der Waals surface area contributed by atoms with E-state index in [0.717, 1.165) is 12.0 Å². The van der Waals surface area contributed by atoms with Crippen LogP contribution in [-0.4, -0.2) is 43.0 Å². The van der Waals surface area contributed by atoms with Gasteiger partial charge in [0.05, 0.1) is 0 Å². The first kappa shape index (κ1) is 15.9. The van der Waals surface area contributed by atoms with Crippen LogP contribution in [0.1, 0.15) is 59.3 Å². The van der Waals surface area contributed by atoms with E-state index < -0.39 is 0 Å². The molecule has 0 aromatic carbocycles. The summed E-state index contributed by atoms with van der Waals surface area (Å²) in [6, 6.07) is 0. The molecule has 0 bridgehead atoms. The predicted molar refractivity (Wildman–Crippen MR) is 87.8 cm³/mol. The summed E-state index contributed by atoms with van der Waals surface area (Å²) >= 11 is 0. The third-order valence-electron chi connectivity index (χ3n) is 5.24. The largest absolute Gasteiger partial charge is 0.375 e. The minimum atomic E-state index is 0.917. The van der Waals surface area contributed by atoms with E-state index in [1.807, 2.05) is 13.8 Å². The summed E-state index contributed by atoms with van der Waals surface area (Å²) in [7, 11) is 2.20. The summed E-state index contributed by atoms with van der Waals surface area (Å²) in [5.74, 6) is 1.20. The zero-order valence-electron chi connectivity index (χ0n) is 14.1. The van der Waals surface area contributed by atoms with Crippen molar-refractivity contribution in [1.82, 2.24) is 9.80 Å². The van der Waals surface area contributed by atoms with Crippen LogP contribution in [0.3, 0.4) is 0 Å². The molecule has 2 aliphatic carbocycles. The number of nitrogens with zero attached hydrogens (tertiary/aromatic N) is 2. The smallest absolute Gasteiger partial charge is 0.0180 e. The average Bonchev–Trinajstić information content (AvgIpc) is 3.33. The Morgan fingerprint density at radius 2 is 1.60 bits per heavy atom. The van der Waals surface area contributed by atoms with Crippen LogP contribution < -0.4 is 0 Å². The lowest BCUT2D eigenvalue weighted by atomic mass is 10.1. The molecule has 0 spiro atoms. The van der Waals surface area contributed by atoms with Crippen molar-refractivity contribution in [2.24, 2.45) is 11.3 Å². The van der Waals surface area contributed by atoms with Crippen LogP contribution in [0.4, 0.5) is 0 Å². The van der Waals surface area contributed by atoms with Crippen LogP contribution in [0.2, 0.25) is 0 Å². The van der Waals surface area contributed by atoms with Gasteiger partial charge in [-0.2, -0.15) is 0 Å². The van der Waals surface area contributed by atoms with Gasteiger partial charge in [-0.25, -0.2) is 0 Å². The van der Waals surface area contributed by atoms with Crippen molar-refractivity contribution in [2.45, 2.75) is 59.3 Å². The van der Waals surface area contributed by atoms with Gasteiger partial charge in [0, 0.05) is 31.9 Å². The molecule has 1 saturated heterocycles. The summed E-state index contributed by atoms with van der Waals surface area (Å²) in [6.07, 6.45) is 11.0. The fourth-order valence-electron chi connectivity index (χ4n) is 3.18. The molecule has 2 saturated carbocycles. The summed E-state index contributed by atoms with van der Waals surface area (Å²) in [5, 5.41) is 0. The van der Waals surface area contributed by atoms with Crippen LogP contribution in [0, 0.1) is 11.3 Å². The van der Waals surface area contributed by atoms with E-state index in [4.69, 9.17) is 0 Å². The first-order valence-electron chi connectivity index (χ1n) is 8.80. The average molecular weight is 278 g/mol. The van der Waals surface area contributed by atoms with Gasteiger partial charge in [-0.15, -0.1) is 0 Å². The van der Waals surface area contributed by atoms with Crippen molar-refractivity contribution in [2.75, 3.05) is 33.2 Å². The van der Waals surface area contributed by atoms with E-state index in [1.165, 1.54) is 51.2 Å². The van der Waals surface area contributed by atoms with E-state index in [9.17, 15) is 0 Å². The monoisotopic (exact) mass is 278 g/mol. The number of rotatable bonds is 1. The molecule has 0 aromatic rings. The first-order valence-corrected chi connectivity index (χ1v) is 8.80. The van der Waals surface area contributed by atoms with Gasteiger partial charge in [-0.1, -0.05) is 26.8 Å². The number of likely N-dealkylation sites (tertiary alicyclic amines) is 1. The standard InChI is InChI=1S/C11H20N2.C5H8.C2H6/c1-12-9-5-11(6-10-12)13-7-3-2-4-8-13;1-5-2-4(5)3-5;1-2/h5H,2-4,6-10H2,1H3;4H,2-3H2,1H3;1-2H3. The minimum Gasteiger partial charge on any atom is -0.375 e. The molecule has 0 aromatic heterocycles. The van der Waals surface area contributed by atoms with E-state index in [0.29, 0.717) is 0 Å². The zero-order chi connectivity index (χ0) is 14.6. The van der Waals surface area contributed by atoms with Gasteiger partial charge in [0.25, 0.3) is 0 Å². The van der Waals surface area contributed by atoms with E-state index in [-0.39, 0.29) is 0 Å². The fraction of sp³-hybridized carbons (Fsp3) is 0.889. The number of hydrogen-bond donors (Lipinski definition) is 0. The van der Waals surface area contributed by atoms with E-state index >= 15 is 0 Å². The molecule has 2 aliphatic heterocycles. The van der Waals surface area contributed by atoms with Gasteiger partial charge in [0.1, 0.15) is 0 Å². The molecule has 2 heterocycles. The Morgan fingerprint density at radius 1 is 1.05 bits per heavy atom. The SMILES string of the molecule is CC.CC12CC1C2.CN1CC=C(N2CCCCC2)CC1. The van der Waals surface area contributed by atoms with Crippen molar-refractivity contribution in [1.29, 1.82) is 0 Å². The van der Waals surface area contributed by atoms with Crippen LogP contribution in [0.5, 0.6) is 0 Å². The molecule has 0 N–H and O–H groups in total. The molecule has 0 unspecified atom stereocenters. The van der Waals surface area contributed by atoms with Gasteiger partial charge >= 0.3 is 0 Å². The maximum Gasteiger partial charge on any atom is 0.0180 e. The molecular formula is C18H34N2. The first-order chi connectivity index (χ1) is 9.67. The maximum atomic E-state index is 2.59. The molecule has 4 rings (SSSR count). The Labute approximate surface area is 126 Å².